The molecular formula is C18H17BrFN3O5S. The first-order chi connectivity index (χ1) is 13.7. The number of sulfonamides is 1. The highest BCUT2D eigenvalue weighted by atomic mass is 79.9. The number of carbonyl (C=O) groups excluding carboxylic acids is 2. The summed E-state index contributed by atoms with van der Waals surface area (Å²) in [5.41, 5.74) is -0.0904. The van der Waals surface area contributed by atoms with Crippen molar-refractivity contribution in [2.45, 2.75) is 24.5 Å². The highest BCUT2D eigenvalue weighted by Gasteiger charge is 2.33. The lowest BCUT2D eigenvalue weighted by atomic mass is 10.2. The second-order valence-corrected chi connectivity index (χ2v) is 8.73. The number of amides is 2. The van der Waals surface area contributed by atoms with Crippen LogP contribution >= 0.6 is 15.9 Å². The summed E-state index contributed by atoms with van der Waals surface area (Å²) in [5.74, 6) is -1.15. The first-order valence-corrected chi connectivity index (χ1v) is 10.8. The maximum Gasteiger partial charge on any atom is 0.416 e. The number of ether oxygens (including phenoxy) is 1. The molecule has 29 heavy (non-hydrogen) atoms. The summed E-state index contributed by atoms with van der Waals surface area (Å²) < 4.78 is 47.3. The van der Waals surface area contributed by atoms with E-state index < -0.39 is 28.2 Å². The first kappa shape index (κ1) is 21.1. The number of rotatable bonds is 6. The number of halogens is 2. The van der Waals surface area contributed by atoms with E-state index in [1.54, 1.807) is 19.1 Å². The predicted octanol–water partition coefficient (Wildman–Crippen LogP) is 3.20. The van der Waals surface area contributed by atoms with Gasteiger partial charge in [0.1, 0.15) is 5.82 Å². The third kappa shape index (κ3) is 4.85. The second-order valence-electron chi connectivity index (χ2n) is 6.13. The number of cyclic esters (lactones) is 1. The maximum absolute atomic E-state index is 14.5. The standard InChI is InChI=1S/C18H17BrFN3O5S/c1-2-16(24)21-17-10-23(18(25)28-17)12-5-8-15(14(20)9-12)22-29(26,27)13-6-3-11(19)4-7-13/h3-9,17,22H,2,10H2,1H3,(H,21,24)/t17-/m0/s1. The predicted molar refractivity (Wildman–Crippen MR) is 107 cm³/mol. The average molecular weight is 486 g/mol. The van der Waals surface area contributed by atoms with E-state index in [2.05, 4.69) is 26.0 Å². The largest absolute Gasteiger partial charge is 0.423 e. The van der Waals surface area contributed by atoms with E-state index in [-0.39, 0.29) is 35.1 Å². The second kappa shape index (κ2) is 8.37. The summed E-state index contributed by atoms with van der Waals surface area (Å²) in [6.07, 6.45) is -1.35. The van der Waals surface area contributed by atoms with Gasteiger partial charge in [0.15, 0.2) is 6.23 Å². The van der Waals surface area contributed by atoms with Crippen LogP contribution in [0.1, 0.15) is 13.3 Å². The van der Waals surface area contributed by atoms with E-state index in [0.29, 0.717) is 4.47 Å². The fourth-order valence-corrected chi connectivity index (χ4v) is 3.93. The van der Waals surface area contributed by atoms with Crippen molar-refractivity contribution in [2.75, 3.05) is 16.2 Å². The summed E-state index contributed by atoms with van der Waals surface area (Å²) >= 11 is 3.22. The van der Waals surface area contributed by atoms with Gasteiger partial charge in [0, 0.05) is 10.9 Å². The molecule has 11 heteroatoms. The van der Waals surface area contributed by atoms with Crippen molar-refractivity contribution in [2.24, 2.45) is 0 Å². The summed E-state index contributed by atoms with van der Waals surface area (Å²) in [6, 6.07) is 9.49. The average Bonchev–Trinajstić information content (AvgIpc) is 3.03. The molecule has 0 radical (unpaired) electrons. The zero-order valence-corrected chi connectivity index (χ0v) is 17.6. The molecule has 1 atom stereocenters. The molecule has 3 rings (SSSR count). The number of hydrogen-bond donors (Lipinski definition) is 2. The molecule has 0 unspecified atom stereocenters. The normalized spacial score (nSPS) is 16.4. The molecule has 8 nitrogen and oxygen atoms in total. The Balaban J connectivity index is 1.76. The van der Waals surface area contributed by atoms with Crippen LogP contribution in [0, 0.1) is 5.82 Å². The molecule has 1 aliphatic rings. The van der Waals surface area contributed by atoms with Gasteiger partial charge in [-0.05, 0) is 42.5 Å². The molecule has 1 fully saturated rings. The highest BCUT2D eigenvalue weighted by Crippen LogP contribution is 2.27. The molecule has 0 aromatic heterocycles. The number of nitrogens with zero attached hydrogens (tertiary/aromatic N) is 1. The van der Waals surface area contributed by atoms with Gasteiger partial charge in [0.2, 0.25) is 5.91 Å². The Morgan fingerprint density at radius 3 is 2.59 bits per heavy atom. The van der Waals surface area contributed by atoms with E-state index in [0.717, 1.165) is 11.0 Å². The third-order valence-corrected chi connectivity index (χ3v) is 6.00. The quantitative estimate of drug-likeness (QED) is 0.653. The van der Waals surface area contributed by atoms with Crippen LogP contribution in [0.15, 0.2) is 51.8 Å². The van der Waals surface area contributed by atoms with Gasteiger partial charge in [-0.3, -0.25) is 14.4 Å². The zero-order chi connectivity index (χ0) is 21.2. The van der Waals surface area contributed by atoms with E-state index in [9.17, 15) is 22.4 Å². The lowest BCUT2D eigenvalue weighted by molar-refractivity contribution is -0.123. The molecule has 2 aromatic carbocycles. The van der Waals surface area contributed by atoms with Gasteiger partial charge in [-0.25, -0.2) is 17.6 Å². The number of benzene rings is 2. The molecule has 2 N–H and O–H groups in total. The van der Waals surface area contributed by atoms with Crippen LogP contribution in [-0.4, -0.2) is 33.2 Å². The molecule has 1 heterocycles. The van der Waals surface area contributed by atoms with Crippen molar-refractivity contribution < 1.29 is 27.1 Å². The van der Waals surface area contributed by atoms with Crippen molar-refractivity contribution in [1.29, 1.82) is 0 Å². The topological polar surface area (TPSA) is 105 Å². The Kier molecular flexibility index (Phi) is 6.08. The first-order valence-electron chi connectivity index (χ1n) is 8.55. The molecule has 2 aromatic rings. The van der Waals surface area contributed by atoms with Gasteiger partial charge >= 0.3 is 6.09 Å². The molecule has 0 saturated carbocycles. The molecule has 1 saturated heterocycles. The van der Waals surface area contributed by atoms with Gasteiger partial charge in [0.25, 0.3) is 10.0 Å². The molecule has 154 valence electrons. The van der Waals surface area contributed by atoms with Crippen molar-refractivity contribution in [3.8, 4) is 0 Å². The van der Waals surface area contributed by atoms with Gasteiger partial charge in [0.05, 0.1) is 22.8 Å². The van der Waals surface area contributed by atoms with Crippen molar-refractivity contribution in [3.05, 3.63) is 52.8 Å². The van der Waals surface area contributed by atoms with Crippen LogP contribution in [0.25, 0.3) is 0 Å². The van der Waals surface area contributed by atoms with Crippen molar-refractivity contribution >= 4 is 49.3 Å². The molecule has 0 bridgehead atoms. The Morgan fingerprint density at radius 2 is 1.97 bits per heavy atom. The van der Waals surface area contributed by atoms with E-state index in [1.165, 1.54) is 24.3 Å². The minimum Gasteiger partial charge on any atom is -0.423 e. The van der Waals surface area contributed by atoms with E-state index in [1.807, 2.05) is 0 Å². The zero-order valence-electron chi connectivity index (χ0n) is 15.2. The molecular weight excluding hydrogens is 469 g/mol. The SMILES string of the molecule is CCC(=O)N[C@@H]1CN(c2ccc(NS(=O)(=O)c3ccc(Br)cc3)c(F)c2)C(=O)O1. The lowest BCUT2D eigenvalue weighted by Crippen LogP contribution is -2.37. The Morgan fingerprint density at radius 1 is 1.28 bits per heavy atom. The summed E-state index contributed by atoms with van der Waals surface area (Å²) in [5, 5.41) is 2.53. The van der Waals surface area contributed by atoms with Crippen molar-refractivity contribution in [1.82, 2.24) is 5.32 Å². The van der Waals surface area contributed by atoms with E-state index in [4.69, 9.17) is 4.74 Å². The summed E-state index contributed by atoms with van der Waals surface area (Å²) in [7, 11) is -3.98. The molecule has 0 spiro atoms. The Bertz CT molecular complexity index is 1050. The number of hydrogen-bond acceptors (Lipinski definition) is 5. The maximum atomic E-state index is 14.5. The van der Waals surface area contributed by atoms with Gasteiger partial charge in [-0.1, -0.05) is 22.9 Å². The van der Waals surface area contributed by atoms with Gasteiger partial charge < -0.3 is 10.1 Å². The Labute approximate surface area is 175 Å². The number of anilines is 2. The third-order valence-electron chi connectivity index (χ3n) is 4.09. The molecule has 0 aliphatic carbocycles. The van der Waals surface area contributed by atoms with Crippen LogP contribution in [0.3, 0.4) is 0 Å². The fraction of sp³-hybridized carbons (Fsp3) is 0.222. The minimum atomic E-state index is -3.98. The van der Waals surface area contributed by atoms with Crippen LogP contribution < -0.4 is 14.9 Å². The monoisotopic (exact) mass is 485 g/mol. The van der Waals surface area contributed by atoms with Crippen LogP contribution in [0.5, 0.6) is 0 Å². The van der Waals surface area contributed by atoms with Crippen molar-refractivity contribution in [3.63, 3.8) is 0 Å². The minimum absolute atomic E-state index is 0.00792. The molecule has 1 aliphatic heterocycles. The van der Waals surface area contributed by atoms with E-state index >= 15 is 0 Å². The lowest BCUT2D eigenvalue weighted by Gasteiger charge is -2.15. The highest BCUT2D eigenvalue weighted by molar-refractivity contribution is 9.10. The smallest absolute Gasteiger partial charge is 0.416 e. The summed E-state index contributed by atoms with van der Waals surface area (Å²) in [6.45, 7) is 1.67. The number of nitrogens with one attached hydrogen (secondary N) is 2. The fourth-order valence-electron chi connectivity index (χ4n) is 2.60. The van der Waals surface area contributed by atoms with Crippen LogP contribution in [0.4, 0.5) is 20.6 Å². The summed E-state index contributed by atoms with van der Waals surface area (Å²) in [4.78, 5) is 24.6. The van der Waals surface area contributed by atoms with Gasteiger partial charge in [-0.15, -0.1) is 0 Å². The Hall–Kier alpha value is -2.66. The molecule has 2 amide bonds. The van der Waals surface area contributed by atoms with Crippen LogP contribution in [-0.2, 0) is 19.6 Å². The number of carbonyl (C=O) groups is 2. The van der Waals surface area contributed by atoms with Gasteiger partial charge in [-0.2, -0.15) is 0 Å². The van der Waals surface area contributed by atoms with Crippen LogP contribution in [0.2, 0.25) is 0 Å².